The third-order valence-corrected chi connectivity index (χ3v) is 9.68. The van der Waals surface area contributed by atoms with Gasteiger partial charge in [0.1, 0.15) is 5.78 Å². The van der Waals surface area contributed by atoms with Crippen LogP contribution in [0, 0.1) is 34.5 Å². The van der Waals surface area contributed by atoms with Crippen molar-refractivity contribution in [3.8, 4) is 11.8 Å². The van der Waals surface area contributed by atoms with Crippen molar-refractivity contribution in [1.82, 2.24) is 0 Å². The van der Waals surface area contributed by atoms with Crippen LogP contribution < -0.4 is 4.90 Å². The molecule has 34 heavy (non-hydrogen) atoms. The molecule has 1 aromatic rings. The predicted molar refractivity (Wildman–Crippen MR) is 138 cm³/mol. The summed E-state index contributed by atoms with van der Waals surface area (Å²) in [6.45, 7) is 6.02. The number of benzene rings is 1. The highest BCUT2D eigenvalue weighted by Gasteiger charge is 2.64. The van der Waals surface area contributed by atoms with E-state index in [1.54, 1.807) is 12.5 Å². The predicted octanol–water partition coefficient (Wildman–Crippen LogP) is 6.25. The molecule has 3 nitrogen and oxygen atoms in total. The standard InChI is InChI=1S/C31H37NO2/c1-6-16-31(20(2)33)17-15-28-26-13-9-22-18-24(34)12-14-25(22)29(26)27(19-30(28,31)3)21-7-10-23(11-8-21)32(4)5/h7-8,10-11,18,26-28H,9,12-15,17,19H2,1-5H3. The zero-order valence-electron chi connectivity index (χ0n) is 21.3. The number of nitrogens with zero attached hydrogens (tertiary/aromatic N) is 1. The van der Waals surface area contributed by atoms with Crippen molar-refractivity contribution < 1.29 is 9.59 Å². The molecule has 3 heteroatoms. The number of allylic oxidation sites excluding steroid dienone is 4. The van der Waals surface area contributed by atoms with E-state index in [2.05, 4.69) is 62.0 Å². The van der Waals surface area contributed by atoms with Crippen LogP contribution in [0.5, 0.6) is 0 Å². The van der Waals surface area contributed by atoms with Crippen LogP contribution >= 0.6 is 0 Å². The minimum absolute atomic E-state index is 0.146. The monoisotopic (exact) mass is 455 g/mol. The first kappa shape index (κ1) is 23.2. The van der Waals surface area contributed by atoms with Crippen molar-refractivity contribution in [3.63, 3.8) is 0 Å². The third kappa shape index (κ3) is 3.25. The summed E-state index contributed by atoms with van der Waals surface area (Å²) in [6.07, 6.45) is 8.38. The lowest BCUT2D eigenvalue weighted by Crippen LogP contribution is -2.50. The molecule has 0 amide bonds. The molecule has 0 N–H and O–H groups in total. The van der Waals surface area contributed by atoms with Gasteiger partial charge >= 0.3 is 0 Å². The van der Waals surface area contributed by atoms with Gasteiger partial charge in [0, 0.05) is 32.1 Å². The highest BCUT2D eigenvalue weighted by Crippen LogP contribution is 2.69. The number of Topliss-reactive ketones (excluding diaryl/α,β-unsaturated/α-hetero) is 1. The van der Waals surface area contributed by atoms with Gasteiger partial charge in [0.05, 0.1) is 5.41 Å². The fourth-order valence-electron chi connectivity index (χ4n) is 8.08. The van der Waals surface area contributed by atoms with E-state index >= 15 is 0 Å². The molecule has 0 saturated heterocycles. The highest BCUT2D eigenvalue weighted by atomic mass is 16.1. The van der Waals surface area contributed by atoms with Crippen LogP contribution in [0.15, 0.2) is 47.1 Å². The highest BCUT2D eigenvalue weighted by molar-refractivity contribution is 5.93. The van der Waals surface area contributed by atoms with Crippen LogP contribution in [0.4, 0.5) is 5.69 Å². The van der Waals surface area contributed by atoms with Crippen molar-refractivity contribution >= 4 is 17.3 Å². The van der Waals surface area contributed by atoms with Crippen molar-refractivity contribution in [2.75, 3.05) is 19.0 Å². The number of rotatable bonds is 3. The summed E-state index contributed by atoms with van der Waals surface area (Å²) in [4.78, 5) is 27.6. The molecule has 0 spiro atoms. The second kappa shape index (κ2) is 8.26. The molecule has 178 valence electrons. The number of carbonyl (C=O) groups is 2. The molecule has 0 aliphatic heterocycles. The van der Waals surface area contributed by atoms with Crippen molar-refractivity contribution in [3.05, 3.63) is 52.6 Å². The number of hydrogen-bond acceptors (Lipinski definition) is 3. The van der Waals surface area contributed by atoms with E-state index in [0.29, 0.717) is 18.3 Å². The minimum Gasteiger partial charge on any atom is -0.378 e. The summed E-state index contributed by atoms with van der Waals surface area (Å²) < 4.78 is 0. The van der Waals surface area contributed by atoms with Crippen molar-refractivity contribution in [2.24, 2.45) is 22.7 Å². The fourth-order valence-corrected chi connectivity index (χ4v) is 8.08. The Morgan fingerprint density at radius 2 is 1.82 bits per heavy atom. The smallest absolute Gasteiger partial charge is 0.156 e. The fraction of sp³-hybridized carbons (Fsp3) is 0.548. The van der Waals surface area contributed by atoms with Crippen LogP contribution in [-0.4, -0.2) is 25.7 Å². The summed E-state index contributed by atoms with van der Waals surface area (Å²) >= 11 is 0. The maximum absolute atomic E-state index is 13.2. The Morgan fingerprint density at radius 3 is 2.47 bits per heavy atom. The molecule has 4 aliphatic carbocycles. The lowest BCUT2D eigenvalue weighted by molar-refractivity contribution is -0.130. The molecule has 2 saturated carbocycles. The SMILES string of the molecule is CC#CC1(C(C)=O)CCC2C3CCC4=CC(=O)CCC4=C3C(c3ccc(N(C)C)cc3)CC21C. The maximum atomic E-state index is 13.2. The molecule has 2 fully saturated rings. The van der Waals surface area contributed by atoms with Crippen LogP contribution in [0.1, 0.15) is 77.2 Å². The Kier molecular flexibility index (Phi) is 5.63. The Balaban J connectivity index is 1.70. The van der Waals surface area contributed by atoms with Gasteiger partial charge in [-0.2, -0.15) is 0 Å². The van der Waals surface area contributed by atoms with Gasteiger partial charge in [0.15, 0.2) is 5.78 Å². The molecule has 4 aliphatic rings. The lowest BCUT2D eigenvalue weighted by atomic mass is 9.48. The summed E-state index contributed by atoms with van der Waals surface area (Å²) in [7, 11) is 4.14. The third-order valence-electron chi connectivity index (χ3n) is 9.68. The van der Waals surface area contributed by atoms with E-state index < -0.39 is 5.41 Å². The normalized spacial score (nSPS) is 34.3. The molecule has 0 bridgehead atoms. The number of carbonyl (C=O) groups excluding carboxylic acids is 2. The van der Waals surface area contributed by atoms with Gasteiger partial charge in [-0.05, 0) is 105 Å². The molecular weight excluding hydrogens is 418 g/mol. The lowest BCUT2D eigenvalue weighted by Gasteiger charge is -2.54. The summed E-state index contributed by atoms with van der Waals surface area (Å²) in [5.41, 5.74) is 6.16. The molecule has 0 aromatic heterocycles. The van der Waals surface area contributed by atoms with Crippen LogP contribution in [-0.2, 0) is 9.59 Å². The van der Waals surface area contributed by atoms with Crippen molar-refractivity contribution in [1.29, 1.82) is 0 Å². The second-order valence-corrected chi connectivity index (χ2v) is 11.4. The topological polar surface area (TPSA) is 37.4 Å². The minimum atomic E-state index is -0.552. The van der Waals surface area contributed by atoms with E-state index in [1.165, 1.54) is 22.4 Å². The van der Waals surface area contributed by atoms with E-state index in [1.807, 2.05) is 13.0 Å². The first-order valence-corrected chi connectivity index (χ1v) is 12.9. The number of hydrogen-bond donors (Lipinski definition) is 0. The van der Waals surface area contributed by atoms with E-state index in [0.717, 1.165) is 38.5 Å². The summed E-state index contributed by atoms with van der Waals surface area (Å²) in [6, 6.07) is 9.01. The van der Waals surface area contributed by atoms with Gasteiger partial charge in [-0.25, -0.2) is 0 Å². The van der Waals surface area contributed by atoms with Crippen LogP contribution in [0.2, 0.25) is 0 Å². The van der Waals surface area contributed by atoms with E-state index in [4.69, 9.17) is 0 Å². The van der Waals surface area contributed by atoms with Crippen LogP contribution in [0.3, 0.4) is 0 Å². The molecule has 1 aromatic carbocycles. The van der Waals surface area contributed by atoms with Gasteiger partial charge in [0.2, 0.25) is 0 Å². The molecule has 0 radical (unpaired) electrons. The Bertz CT molecular complexity index is 1160. The van der Waals surface area contributed by atoms with E-state index in [-0.39, 0.29) is 22.9 Å². The average molecular weight is 456 g/mol. The summed E-state index contributed by atoms with van der Waals surface area (Å²) in [5.74, 6) is 8.35. The van der Waals surface area contributed by atoms with Gasteiger partial charge in [0.25, 0.3) is 0 Å². The Labute approximate surface area is 204 Å². The summed E-state index contributed by atoms with van der Waals surface area (Å²) in [5, 5.41) is 0. The van der Waals surface area contributed by atoms with E-state index in [9.17, 15) is 9.59 Å². The molecule has 5 unspecified atom stereocenters. The Morgan fingerprint density at radius 1 is 1.09 bits per heavy atom. The first-order valence-electron chi connectivity index (χ1n) is 12.9. The largest absolute Gasteiger partial charge is 0.378 e. The maximum Gasteiger partial charge on any atom is 0.156 e. The average Bonchev–Trinajstić information content (AvgIpc) is 3.11. The molecule has 5 atom stereocenters. The number of fused-ring (bicyclic) bond motifs is 4. The number of anilines is 1. The van der Waals surface area contributed by atoms with Crippen molar-refractivity contribution in [2.45, 2.75) is 71.6 Å². The van der Waals surface area contributed by atoms with Gasteiger partial charge in [-0.3, -0.25) is 9.59 Å². The van der Waals surface area contributed by atoms with Crippen LogP contribution in [0.25, 0.3) is 0 Å². The second-order valence-electron chi connectivity index (χ2n) is 11.4. The molecule has 5 rings (SSSR count). The van der Waals surface area contributed by atoms with Gasteiger partial charge < -0.3 is 4.90 Å². The quantitative estimate of drug-likeness (QED) is 0.506. The van der Waals surface area contributed by atoms with Gasteiger partial charge in [-0.1, -0.05) is 30.6 Å². The first-order chi connectivity index (χ1) is 16.2. The molecule has 0 heterocycles. The Hall–Kier alpha value is -2.60. The zero-order valence-corrected chi connectivity index (χ0v) is 21.3. The van der Waals surface area contributed by atoms with Gasteiger partial charge in [-0.15, -0.1) is 5.92 Å². The zero-order chi connectivity index (χ0) is 24.3. The number of ketones is 2. The molecular formula is C31H37NO2.